The van der Waals surface area contributed by atoms with Crippen molar-refractivity contribution in [3.05, 3.63) is 53.6 Å². The maximum absolute atomic E-state index is 10.4. The maximum atomic E-state index is 10.4. The van der Waals surface area contributed by atoms with Crippen LogP contribution >= 0.6 is 24.0 Å². The minimum absolute atomic E-state index is 0. The molecule has 0 radical (unpaired) electrons. The highest BCUT2D eigenvalue weighted by Gasteiger charge is 2.09. The molecule has 0 fully saturated rings. The minimum Gasteiger partial charge on any atom is -0.497 e. The molecule has 8 heteroatoms. The molecule has 30 heavy (non-hydrogen) atoms. The van der Waals surface area contributed by atoms with Gasteiger partial charge in [-0.05, 0) is 48.7 Å². The van der Waals surface area contributed by atoms with Crippen molar-refractivity contribution >= 4 is 29.9 Å². The predicted octanol–water partition coefficient (Wildman–Crippen LogP) is 3.16. The molecule has 0 aliphatic rings. The van der Waals surface area contributed by atoms with Crippen molar-refractivity contribution in [1.29, 1.82) is 0 Å². The number of halogens is 1. The van der Waals surface area contributed by atoms with Crippen molar-refractivity contribution < 1.29 is 19.3 Å². The third-order valence-corrected chi connectivity index (χ3v) is 4.40. The second-order valence-electron chi connectivity index (χ2n) is 6.38. The van der Waals surface area contributed by atoms with E-state index in [9.17, 15) is 5.11 Å². The third-order valence-electron chi connectivity index (χ3n) is 4.40. The van der Waals surface area contributed by atoms with E-state index in [4.69, 9.17) is 14.2 Å². The van der Waals surface area contributed by atoms with Crippen molar-refractivity contribution in [2.45, 2.75) is 19.4 Å². The van der Waals surface area contributed by atoms with Crippen LogP contribution in [0.15, 0.2) is 47.5 Å². The fourth-order valence-electron chi connectivity index (χ4n) is 2.84. The Morgan fingerprint density at radius 1 is 1.00 bits per heavy atom. The van der Waals surface area contributed by atoms with Gasteiger partial charge in [-0.25, -0.2) is 0 Å². The first-order valence-corrected chi connectivity index (χ1v) is 9.66. The predicted molar refractivity (Wildman–Crippen MR) is 131 cm³/mol. The zero-order chi connectivity index (χ0) is 21.1. The van der Waals surface area contributed by atoms with E-state index < -0.39 is 6.10 Å². The van der Waals surface area contributed by atoms with Gasteiger partial charge in [0.25, 0.3) is 0 Å². The molecule has 2 aromatic carbocycles. The second-order valence-corrected chi connectivity index (χ2v) is 6.38. The Morgan fingerprint density at radius 3 is 2.43 bits per heavy atom. The van der Waals surface area contributed by atoms with Gasteiger partial charge in [0.2, 0.25) is 0 Å². The number of nitrogens with zero attached hydrogens (tertiary/aromatic N) is 1. The monoisotopic (exact) mass is 529 g/mol. The summed E-state index contributed by atoms with van der Waals surface area (Å²) in [5.74, 6) is 2.80. The molecule has 0 saturated heterocycles. The Kier molecular flexibility index (Phi) is 12.0. The second kappa shape index (κ2) is 13.9. The molecule has 0 amide bonds. The van der Waals surface area contributed by atoms with Gasteiger partial charge in [0, 0.05) is 13.1 Å². The normalized spacial score (nSPS) is 11.8. The van der Waals surface area contributed by atoms with Crippen LogP contribution in [0.25, 0.3) is 0 Å². The first-order chi connectivity index (χ1) is 14.1. The summed E-state index contributed by atoms with van der Waals surface area (Å²) in [6.07, 6.45) is 0.0924. The van der Waals surface area contributed by atoms with Gasteiger partial charge in [-0.1, -0.05) is 18.2 Å². The van der Waals surface area contributed by atoms with Crippen LogP contribution in [0.5, 0.6) is 17.2 Å². The lowest BCUT2D eigenvalue weighted by atomic mass is 10.1. The van der Waals surface area contributed by atoms with E-state index in [-0.39, 0.29) is 30.5 Å². The van der Waals surface area contributed by atoms with Crippen LogP contribution in [-0.4, -0.2) is 52.0 Å². The SMILES string of the molecule is CCNC(=NCC(O)c1cccc(OC)c1)NCCc1ccc(OC)c(OC)c1.I. The topological polar surface area (TPSA) is 84.3 Å². The number of rotatable bonds is 10. The van der Waals surface area contributed by atoms with Gasteiger partial charge in [-0.2, -0.15) is 0 Å². The van der Waals surface area contributed by atoms with E-state index in [1.165, 1.54) is 0 Å². The Balaban J connectivity index is 0.00000450. The highest BCUT2D eigenvalue weighted by molar-refractivity contribution is 14.0. The summed E-state index contributed by atoms with van der Waals surface area (Å²) in [6.45, 7) is 3.68. The number of benzene rings is 2. The number of ether oxygens (including phenoxy) is 3. The highest BCUT2D eigenvalue weighted by Crippen LogP contribution is 2.27. The molecule has 2 aromatic rings. The van der Waals surface area contributed by atoms with E-state index in [2.05, 4.69) is 15.6 Å². The number of methoxy groups -OCH3 is 3. The molecule has 166 valence electrons. The number of aliphatic hydroxyl groups is 1. The molecule has 3 N–H and O–H groups in total. The van der Waals surface area contributed by atoms with Crippen LogP contribution in [-0.2, 0) is 6.42 Å². The fraction of sp³-hybridized carbons (Fsp3) is 0.409. The molecular formula is C22H32IN3O4. The summed E-state index contributed by atoms with van der Waals surface area (Å²) in [5, 5.41) is 16.9. The van der Waals surface area contributed by atoms with Crippen molar-refractivity contribution in [3.63, 3.8) is 0 Å². The van der Waals surface area contributed by atoms with Crippen LogP contribution in [0, 0.1) is 0 Å². The van der Waals surface area contributed by atoms with Crippen LogP contribution in [0.2, 0.25) is 0 Å². The largest absolute Gasteiger partial charge is 0.497 e. The molecular weight excluding hydrogens is 497 g/mol. The lowest BCUT2D eigenvalue weighted by Crippen LogP contribution is -2.38. The Morgan fingerprint density at radius 2 is 1.77 bits per heavy atom. The average Bonchev–Trinajstić information content (AvgIpc) is 2.77. The van der Waals surface area contributed by atoms with Crippen LogP contribution in [0.3, 0.4) is 0 Å². The van der Waals surface area contributed by atoms with Gasteiger partial charge in [0.1, 0.15) is 5.75 Å². The summed E-state index contributed by atoms with van der Waals surface area (Å²) < 4.78 is 15.8. The average molecular weight is 529 g/mol. The van der Waals surface area contributed by atoms with E-state index in [0.29, 0.717) is 29.8 Å². The molecule has 7 nitrogen and oxygen atoms in total. The molecule has 2 rings (SSSR count). The molecule has 0 saturated carbocycles. The number of aliphatic hydroxyl groups excluding tert-OH is 1. The lowest BCUT2D eigenvalue weighted by molar-refractivity contribution is 0.186. The van der Waals surface area contributed by atoms with Gasteiger partial charge in [-0.3, -0.25) is 4.99 Å². The maximum Gasteiger partial charge on any atom is 0.191 e. The minimum atomic E-state index is -0.702. The molecule has 0 spiro atoms. The van der Waals surface area contributed by atoms with Gasteiger partial charge >= 0.3 is 0 Å². The van der Waals surface area contributed by atoms with Crippen molar-refractivity contribution in [1.82, 2.24) is 10.6 Å². The van der Waals surface area contributed by atoms with E-state index in [0.717, 1.165) is 24.1 Å². The standard InChI is InChI=1S/C22H31N3O4.HI/c1-5-23-22(25-15-19(26)17-7-6-8-18(14-17)27-2)24-12-11-16-9-10-20(28-3)21(13-16)29-4;/h6-10,13-14,19,26H,5,11-12,15H2,1-4H3,(H2,23,24,25);1H. The number of aliphatic imine (C=N–C) groups is 1. The lowest BCUT2D eigenvalue weighted by Gasteiger charge is -2.14. The smallest absolute Gasteiger partial charge is 0.191 e. The number of nitrogens with one attached hydrogen (secondary N) is 2. The van der Waals surface area contributed by atoms with Gasteiger partial charge < -0.3 is 30.0 Å². The first kappa shape index (κ1) is 25.8. The summed E-state index contributed by atoms with van der Waals surface area (Å²) in [7, 11) is 4.86. The zero-order valence-electron chi connectivity index (χ0n) is 18.0. The number of hydrogen-bond donors (Lipinski definition) is 3. The van der Waals surface area contributed by atoms with Crippen molar-refractivity contribution in [3.8, 4) is 17.2 Å². The van der Waals surface area contributed by atoms with Crippen LogP contribution in [0.1, 0.15) is 24.2 Å². The summed E-state index contributed by atoms with van der Waals surface area (Å²) in [4.78, 5) is 4.50. The molecule has 0 aliphatic heterocycles. The Bertz CT molecular complexity index is 802. The molecule has 0 aromatic heterocycles. The Labute approximate surface area is 195 Å². The van der Waals surface area contributed by atoms with Gasteiger partial charge in [-0.15, -0.1) is 24.0 Å². The van der Waals surface area contributed by atoms with E-state index >= 15 is 0 Å². The first-order valence-electron chi connectivity index (χ1n) is 9.66. The van der Waals surface area contributed by atoms with E-state index in [1.54, 1.807) is 21.3 Å². The van der Waals surface area contributed by atoms with Gasteiger partial charge in [0.15, 0.2) is 17.5 Å². The van der Waals surface area contributed by atoms with E-state index in [1.807, 2.05) is 49.4 Å². The molecule has 1 unspecified atom stereocenters. The summed E-state index contributed by atoms with van der Waals surface area (Å²) in [6, 6.07) is 13.3. The van der Waals surface area contributed by atoms with Crippen LogP contribution in [0.4, 0.5) is 0 Å². The third kappa shape index (κ3) is 7.91. The van der Waals surface area contributed by atoms with Crippen molar-refractivity contribution in [2.75, 3.05) is 41.0 Å². The highest BCUT2D eigenvalue weighted by atomic mass is 127. The Hall–Kier alpha value is -2.20. The zero-order valence-corrected chi connectivity index (χ0v) is 20.3. The van der Waals surface area contributed by atoms with Crippen molar-refractivity contribution in [2.24, 2.45) is 4.99 Å². The molecule has 0 heterocycles. The summed E-state index contributed by atoms with van der Waals surface area (Å²) in [5.41, 5.74) is 1.90. The van der Waals surface area contributed by atoms with Crippen LogP contribution < -0.4 is 24.8 Å². The molecule has 0 bridgehead atoms. The number of guanidine groups is 1. The molecule has 0 aliphatic carbocycles. The quantitative estimate of drug-likeness (QED) is 0.249. The van der Waals surface area contributed by atoms with Gasteiger partial charge in [0.05, 0.1) is 34.0 Å². The molecule has 1 atom stereocenters. The fourth-order valence-corrected chi connectivity index (χ4v) is 2.84. The summed E-state index contributed by atoms with van der Waals surface area (Å²) >= 11 is 0. The number of hydrogen-bond acceptors (Lipinski definition) is 5.